The lowest BCUT2D eigenvalue weighted by Gasteiger charge is -2.19. The largest absolute Gasteiger partial charge is 0.350 e. The molecule has 4 nitrogen and oxygen atoms in total. The van der Waals surface area contributed by atoms with Crippen molar-refractivity contribution in [3.05, 3.63) is 52.4 Å². The molecular weight excluding hydrogens is 344 g/mol. The third kappa shape index (κ3) is 5.49. The van der Waals surface area contributed by atoms with Crippen molar-refractivity contribution in [2.24, 2.45) is 0 Å². The molecule has 1 atom stereocenters. The molecule has 26 heavy (non-hydrogen) atoms. The number of rotatable bonds is 8. The number of carbonyl (C=O) groups is 2. The monoisotopic (exact) mass is 372 g/mol. The fraction of sp³-hybridized carbons (Fsp3) is 0.429. The highest BCUT2D eigenvalue weighted by Crippen LogP contribution is 2.31. The van der Waals surface area contributed by atoms with Crippen molar-refractivity contribution in [3.8, 4) is 0 Å². The molecule has 1 unspecified atom stereocenters. The Morgan fingerprint density at radius 2 is 2.04 bits per heavy atom. The minimum atomic E-state index is -0.314. The van der Waals surface area contributed by atoms with Crippen molar-refractivity contribution in [2.75, 3.05) is 6.54 Å². The van der Waals surface area contributed by atoms with E-state index in [1.165, 1.54) is 16.0 Å². The standard InChI is InChI=1S/C21H28N2O2S/c1-4-5-13-26-20(16(2)3)18-10-8-17(9-11-18)14-22-21(25)19-7-6-12-23(19)15-24/h5,8-11,13,15,19H,4,6-7,12,14H2,1-3H3,(H,22,25)/b13-5+. The average Bonchev–Trinajstić information content (AvgIpc) is 3.12. The zero-order valence-corrected chi connectivity index (χ0v) is 16.6. The predicted molar refractivity (Wildman–Crippen MR) is 109 cm³/mol. The van der Waals surface area contributed by atoms with Crippen molar-refractivity contribution in [3.63, 3.8) is 0 Å². The summed E-state index contributed by atoms with van der Waals surface area (Å²) in [4.78, 5) is 26.1. The Bertz CT molecular complexity index is 676. The lowest BCUT2D eigenvalue weighted by molar-refractivity contribution is -0.131. The molecule has 0 aliphatic carbocycles. The Balaban J connectivity index is 1.96. The van der Waals surface area contributed by atoms with E-state index in [1.807, 2.05) is 0 Å². The van der Waals surface area contributed by atoms with Gasteiger partial charge in [0.1, 0.15) is 6.04 Å². The Kier molecular flexibility index (Phi) is 7.98. The molecule has 0 bridgehead atoms. The number of likely N-dealkylation sites (tertiary alicyclic amines) is 1. The normalized spacial score (nSPS) is 16.7. The van der Waals surface area contributed by atoms with Crippen LogP contribution < -0.4 is 5.32 Å². The van der Waals surface area contributed by atoms with Crippen LogP contribution in [0.1, 0.15) is 51.2 Å². The molecule has 5 heteroatoms. The van der Waals surface area contributed by atoms with Gasteiger partial charge in [0.05, 0.1) is 0 Å². The fourth-order valence-corrected chi connectivity index (χ4v) is 3.90. The number of hydrogen-bond acceptors (Lipinski definition) is 3. The fourth-order valence-electron chi connectivity index (χ4n) is 2.96. The first-order chi connectivity index (χ1) is 12.6. The third-order valence-corrected chi connectivity index (χ3v) is 5.60. The van der Waals surface area contributed by atoms with Crippen LogP contribution in [0.15, 0.2) is 41.3 Å². The summed E-state index contributed by atoms with van der Waals surface area (Å²) in [5, 5.41) is 5.09. The van der Waals surface area contributed by atoms with Gasteiger partial charge in [0.15, 0.2) is 0 Å². The summed E-state index contributed by atoms with van der Waals surface area (Å²) in [5.41, 5.74) is 3.53. The number of benzene rings is 1. The third-order valence-electron chi connectivity index (χ3n) is 4.39. The highest BCUT2D eigenvalue weighted by atomic mass is 32.2. The van der Waals surface area contributed by atoms with E-state index in [0.29, 0.717) is 13.1 Å². The van der Waals surface area contributed by atoms with Gasteiger partial charge < -0.3 is 10.2 Å². The van der Waals surface area contributed by atoms with Gasteiger partial charge in [0, 0.05) is 18.0 Å². The molecule has 2 rings (SSSR count). The van der Waals surface area contributed by atoms with Crippen LogP contribution in [0.3, 0.4) is 0 Å². The number of amides is 2. The lowest BCUT2D eigenvalue weighted by atomic mass is 10.1. The lowest BCUT2D eigenvalue weighted by Crippen LogP contribution is -2.42. The molecule has 1 aromatic rings. The van der Waals surface area contributed by atoms with Crippen LogP contribution in [-0.2, 0) is 16.1 Å². The van der Waals surface area contributed by atoms with Crippen molar-refractivity contribution in [2.45, 2.75) is 52.6 Å². The molecular formula is C21H28N2O2S. The van der Waals surface area contributed by atoms with Crippen LogP contribution in [0, 0.1) is 0 Å². The summed E-state index contributed by atoms with van der Waals surface area (Å²) in [7, 11) is 0. The Hall–Kier alpha value is -2.01. The number of thioether (sulfide) groups is 1. The van der Waals surface area contributed by atoms with E-state index in [0.717, 1.165) is 31.2 Å². The topological polar surface area (TPSA) is 49.4 Å². The average molecular weight is 373 g/mol. The van der Waals surface area contributed by atoms with Gasteiger partial charge in [-0.15, -0.1) is 0 Å². The number of nitrogens with zero attached hydrogens (tertiary/aromatic N) is 1. The second-order valence-corrected chi connectivity index (χ2v) is 7.56. The maximum Gasteiger partial charge on any atom is 0.243 e. The number of hydrogen-bond donors (Lipinski definition) is 1. The maximum absolute atomic E-state index is 12.3. The first kappa shape index (κ1) is 20.3. The van der Waals surface area contributed by atoms with E-state index in [9.17, 15) is 9.59 Å². The van der Waals surface area contributed by atoms with E-state index in [1.54, 1.807) is 16.7 Å². The first-order valence-corrected chi connectivity index (χ1v) is 10.0. The second-order valence-electron chi connectivity index (χ2n) is 6.64. The minimum absolute atomic E-state index is 0.0658. The summed E-state index contributed by atoms with van der Waals surface area (Å²) < 4.78 is 0. The molecule has 0 saturated carbocycles. The molecule has 2 amide bonds. The van der Waals surface area contributed by atoms with Crippen LogP contribution >= 0.6 is 11.8 Å². The molecule has 0 aromatic heterocycles. The summed E-state index contributed by atoms with van der Waals surface area (Å²) in [6.07, 6.45) is 5.60. The van der Waals surface area contributed by atoms with Gasteiger partial charge in [-0.3, -0.25) is 9.59 Å². The van der Waals surface area contributed by atoms with Crippen LogP contribution in [-0.4, -0.2) is 29.8 Å². The highest BCUT2D eigenvalue weighted by Gasteiger charge is 2.29. The molecule has 1 heterocycles. The zero-order chi connectivity index (χ0) is 18.9. The molecule has 1 aliphatic rings. The van der Waals surface area contributed by atoms with Gasteiger partial charge in [-0.2, -0.15) is 0 Å². The van der Waals surface area contributed by atoms with E-state index in [2.05, 4.69) is 61.8 Å². The van der Waals surface area contributed by atoms with Crippen LogP contribution in [0.2, 0.25) is 0 Å². The zero-order valence-electron chi connectivity index (χ0n) is 15.8. The number of nitrogens with one attached hydrogen (secondary N) is 1. The van der Waals surface area contributed by atoms with E-state index in [-0.39, 0.29) is 11.9 Å². The van der Waals surface area contributed by atoms with Crippen LogP contribution in [0.25, 0.3) is 4.91 Å². The Morgan fingerprint density at radius 1 is 1.31 bits per heavy atom. The second kappa shape index (κ2) is 10.2. The molecule has 1 fully saturated rings. The summed E-state index contributed by atoms with van der Waals surface area (Å²) in [6, 6.07) is 7.99. The maximum atomic E-state index is 12.3. The summed E-state index contributed by atoms with van der Waals surface area (Å²) in [6.45, 7) is 7.52. The smallest absolute Gasteiger partial charge is 0.243 e. The first-order valence-electron chi connectivity index (χ1n) is 9.14. The van der Waals surface area contributed by atoms with Crippen molar-refractivity contribution in [1.82, 2.24) is 10.2 Å². The molecule has 0 spiro atoms. The van der Waals surface area contributed by atoms with Crippen LogP contribution in [0.4, 0.5) is 0 Å². The van der Waals surface area contributed by atoms with Gasteiger partial charge in [-0.25, -0.2) is 0 Å². The molecule has 1 aliphatic heterocycles. The molecule has 1 saturated heterocycles. The summed E-state index contributed by atoms with van der Waals surface area (Å²) >= 11 is 1.74. The Labute approximate surface area is 160 Å². The van der Waals surface area contributed by atoms with Gasteiger partial charge in [-0.05, 0) is 49.6 Å². The quantitative estimate of drug-likeness (QED) is 0.691. The summed E-state index contributed by atoms with van der Waals surface area (Å²) in [5.74, 6) is -0.0658. The van der Waals surface area contributed by atoms with Crippen molar-refractivity contribution >= 4 is 29.0 Å². The van der Waals surface area contributed by atoms with E-state index >= 15 is 0 Å². The highest BCUT2D eigenvalue weighted by molar-refractivity contribution is 8.10. The van der Waals surface area contributed by atoms with Crippen molar-refractivity contribution < 1.29 is 9.59 Å². The minimum Gasteiger partial charge on any atom is -0.350 e. The number of allylic oxidation sites excluding steroid dienone is 2. The molecule has 140 valence electrons. The van der Waals surface area contributed by atoms with Gasteiger partial charge in [0.25, 0.3) is 0 Å². The van der Waals surface area contributed by atoms with Crippen molar-refractivity contribution in [1.29, 1.82) is 0 Å². The number of carbonyl (C=O) groups excluding carboxylic acids is 2. The van der Waals surface area contributed by atoms with Gasteiger partial charge in [-0.1, -0.05) is 54.6 Å². The molecule has 1 aromatic carbocycles. The molecule has 1 N–H and O–H groups in total. The predicted octanol–water partition coefficient (Wildman–Crippen LogP) is 4.33. The van der Waals surface area contributed by atoms with Crippen LogP contribution in [0.5, 0.6) is 0 Å². The SMILES string of the molecule is CC/C=C/SC(=C(C)C)c1ccc(CNC(=O)C2CCCN2C=O)cc1. The Morgan fingerprint density at radius 3 is 2.65 bits per heavy atom. The van der Waals surface area contributed by atoms with E-state index < -0.39 is 0 Å². The molecule has 0 radical (unpaired) electrons. The van der Waals surface area contributed by atoms with Gasteiger partial charge >= 0.3 is 0 Å². The van der Waals surface area contributed by atoms with E-state index in [4.69, 9.17) is 0 Å². The van der Waals surface area contributed by atoms with Gasteiger partial charge in [0.2, 0.25) is 12.3 Å².